The molecule has 4 nitrogen and oxygen atoms in total. The summed E-state index contributed by atoms with van der Waals surface area (Å²) in [5.74, 6) is -0.436. The Morgan fingerprint density at radius 3 is 2.30 bits per heavy atom. The largest absolute Gasteiger partial charge is 0.268 e. The monoisotopic (exact) mass is 327 g/mol. The van der Waals surface area contributed by atoms with Gasteiger partial charge < -0.3 is 0 Å². The molecule has 1 amide bonds. The Morgan fingerprint density at radius 1 is 1.00 bits per heavy atom. The molecule has 118 valence electrons. The second-order valence-corrected chi connectivity index (χ2v) is 7.39. The number of hydrogen-bond acceptors (Lipinski definition) is 3. The summed E-state index contributed by atoms with van der Waals surface area (Å²) < 4.78 is 26.2. The quantitative estimate of drug-likeness (QED) is 0.814. The SMILES string of the molecule is Cc1ccc(S(=O)(=O)N2CC/C(=C\c3ccccc3)C2=O)cc1. The Balaban J connectivity index is 1.89. The molecule has 0 aromatic heterocycles. The molecule has 1 saturated heterocycles. The van der Waals surface area contributed by atoms with Crippen molar-refractivity contribution >= 4 is 22.0 Å². The van der Waals surface area contributed by atoms with Crippen LogP contribution in [-0.4, -0.2) is 25.2 Å². The number of amides is 1. The van der Waals surface area contributed by atoms with Crippen LogP contribution in [0.3, 0.4) is 0 Å². The van der Waals surface area contributed by atoms with E-state index in [1.807, 2.05) is 37.3 Å². The maximum atomic E-state index is 12.6. The van der Waals surface area contributed by atoms with Crippen LogP contribution in [0.5, 0.6) is 0 Å². The highest BCUT2D eigenvalue weighted by Gasteiger charge is 2.35. The molecular formula is C18H17NO3S. The molecule has 0 bridgehead atoms. The number of hydrogen-bond donors (Lipinski definition) is 0. The van der Waals surface area contributed by atoms with E-state index in [4.69, 9.17) is 0 Å². The molecule has 0 spiro atoms. The zero-order valence-corrected chi connectivity index (χ0v) is 13.6. The van der Waals surface area contributed by atoms with Crippen molar-refractivity contribution < 1.29 is 13.2 Å². The fourth-order valence-electron chi connectivity index (χ4n) is 2.54. The second kappa shape index (κ2) is 6.01. The topological polar surface area (TPSA) is 54.5 Å². The lowest BCUT2D eigenvalue weighted by atomic mass is 10.1. The van der Waals surface area contributed by atoms with Crippen molar-refractivity contribution in [3.63, 3.8) is 0 Å². The van der Waals surface area contributed by atoms with Gasteiger partial charge in [-0.25, -0.2) is 12.7 Å². The van der Waals surface area contributed by atoms with E-state index in [-0.39, 0.29) is 11.4 Å². The second-order valence-electron chi connectivity index (χ2n) is 5.53. The molecule has 0 N–H and O–H groups in total. The van der Waals surface area contributed by atoms with Crippen molar-refractivity contribution in [3.8, 4) is 0 Å². The molecular weight excluding hydrogens is 310 g/mol. The Morgan fingerprint density at radius 2 is 1.65 bits per heavy atom. The normalized spacial score (nSPS) is 17.0. The van der Waals surface area contributed by atoms with Gasteiger partial charge in [-0.2, -0.15) is 0 Å². The average Bonchev–Trinajstić information content (AvgIpc) is 2.90. The van der Waals surface area contributed by atoms with E-state index in [1.54, 1.807) is 18.2 Å². The lowest BCUT2D eigenvalue weighted by molar-refractivity contribution is -0.120. The molecule has 5 heteroatoms. The number of carbonyl (C=O) groups excluding carboxylic acids is 1. The number of aryl methyl sites for hydroxylation is 1. The Bertz CT molecular complexity index is 853. The van der Waals surface area contributed by atoms with Gasteiger partial charge in [0.15, 0.2) is 0 Å². The molecule has 3 rings (SSSR count). The maximum absolute atomic E-state index is 12.6. The first-order valence-corrected chi connectivity index (χ1v) is 8.82. The van der Waals surface area contributed by atoms with E-state index in [1.165, 1.54) is 12.1 Å². The molecule has 1 heterocycles. The van der Waals surface area contributed by atoms with E-state index >= 15 is 0 Å². The molecule has 0 atom stereocenters. The van der Waals surface area contributed by atoms with Crippen molar-refractivity contribution in [2.24, 2.45) is 0 Å². The summed E-state index contributed by atoms with van der Waals surface area (Å²) >= 11 is 0. The van der Waals surface area contributed by atoms with Crippen molar-refractivity contribution in [1.29, 1.82) is 0 Å². The van der Waals surface area contributed by atoms with Crippen LogP contribution in [-0.2, 0) is 14.8 Å². The summed E-state index contributed by atoms with van der Waals surface area (Å²) in [5, 5.41) is 0. The van der Waals surface area contributed by atoms with Gasteiger partial charge in [-0.1, -0.05) is 48.0 Å². The predicted octanol–water partition coefficient (Wildman–Crippen LogP) is 3.00. The Labute approximate surface area is 136 Å². The summed E-state index contributed by atoms with van der Waals surface area (Å²) in [5.41, 5.74) is 2.39. The fourth-order valence-corrected chi connectivity index (χ4v) is 3.94. The summed E-state index contributed by atoms with van der Waals surface area (Å²) in [6.07, 6.45) is 2.19. The highest BCUT2D eigenvalue weighted by Crippen LogP contribution is 2.26. The lowest BCUT2D eigenvalue weighted by Gasteiger charge is -2.15. The van der Waals surface area contributed by atoms with Gasteiger partial charge in [-0.05, 0) is 37.1 Å². The van der Waals surface area contributed by atoms with Crippen LogP contribution in [0.25, 0.3) is 6.08 Å². The minimum Gasteiger partial charge on any atom is -0.268 e. The first kappa shape index (κ1) is 15.5. The van der Waals surface area contributed by atoms with E-state index in [9.17, 15) is 13.2 Å². The van der Waals surface area contributed by atoms with Gasteiger partial charge in [-0.15, -0.1) is 0 Å². The summed E-state index contributed by atoms with van der Waals surface area (Å²) in [6.45, 7) is 2.08. The van der Waals surface area contributed by atoms with Crippen molar-refractivity contribution in [3.05, 3.63) is 71.3 Å². The van der Waals surface area contributed by atoms with Crippen LogP contribution in [0.4, 0.5) is 0 Å². The van der Waals surface area contributed by atoms with Gasteiger partial charge in [0.1, 0.15) is 0 Å². The van der Waals surface area contributed by atoms with E-state index in [2.05, 4.69) is 0 Å². The van der Waals surface area contributed by atoms with Crippen LogP contribution in [0.15, 0.2) is 65.1 Å². The minimum atomic E-state index is -3.79. The molecule has 1 aliphatic rings. The lowest BCUT2D eigenvalue weighted by Crippen LogP contribution is -2.32. The van der Waals surface area contributed by atoms with Gasteiger partial charge >= 0.3 is 0 Å². The molecule has 23 heavy (non-hydrogen) atoms. The third-order valence-corrected chi connectivity index (χ3v) is 5.63. The van der Waals surface area contributed by atoms with Crippen LogP contribution in [0.1, 0.15) is 17.5 Å². The molecule has 0 aliphatic carbocycles. The van der Waals surface area contributed by atoms with Crippen LogP contribution >= 0.6 is 0 Å². The predicted molar refractivity (Wildman–Crippen MR) is 89.1 cm³/mol. The van der Waals surface area contributed by atoms with Crippen LogP contribution in [0, 0.1) is 6.92 Å². The molecule has 2 aromatic carbocycles. The van der Waals surface area contributed by atoms with Crippen molar-refractivity contribution in [2.45, 2.75) is 18.2 Å². The van der Waals surface area contributed by atoms with Gasteiger partial charge in [0, 0.05) is 12.1 Å². The van der Waals surface area contributed by atoms with Gasteiger partial charge in [0.2, 0.25) is 0 Å². The number of sulfonamides is 1. The molecule has 0 radical (unpaired) electrons. The molecule has 1 aliphatic heterocycles. The summed E-state index contributed by atoms with van der Waals surface area (Å²) in [4.78, 5) is 12.6. The first-order chi connectivity index (χ1) is 11.0. The fraction of sp³-hybridized carbons (Fsp3) is 0.167. The number of nitrogens with zero attached hydrogens (tertiary/aromatic N) is 1. The van der Waals surface area contributed by atoms with Gasteiger partial charge in [0.25, 0.3) is 15.9 Å². The zero-order valence-electron chi connectivity index (χ0n) is 12.8. The maximum Gasteiger partial charge on any atom is 0.266 e. The molecule has 1 fully saturated rings. The van der Waals surface area contributed by atoms with E-state index in [0.29, 0.717) is 12.0 Å². The number of rotatable bonds is 3. The highest BCUT2D eigenvalue weighted by atomic mass is 32.2. The Hall–Kier alpha value is -2.40. The molecule has 2 aromatic rings. The third kappa shape index (κ3) is 3.05. The van der Waals surface area contributed by atoms with Crippen LogP contribution < -0.4 is 0 Å². The molecule has 0 saturated carbocycles. The zero-order chi connectivity index (χ0) is 16.4. The minimum absolute atomic E-state index is 0.150. The number of carbonyl (C=O) groups is 1. The van der Waals surface area contributed by atoms with Gasteiger partial charge in [0.05, 0.1) is 4.90 Å². The highest BCUT2D eigenvalue weighted by molar-refractivity contribution is 7.89. The average molecular weight is 327 g/mol. The standard InChI is InChI=1S/C18H17NO3S/c1-14-7-9-17(10-8-14)23(21,22)19-12-11-16(18(19)20)13-15-5-3-2-4-6-15/h2-10,13H,11-12H2,1H3/b16-13+. The van der Waals surface area contributed by atoms with Crippen molar-refractivity contribution in [2.75, 3.05) is 6.54 Å². The summed E-state index contributed by atoms with van der Waals surface area (Å²) in [6, 6.07) is 16.0. The van der Waals surface area contributed by atoms with Crippen LogP contribution in [0.2, 0.25) is 0 Å². The smallest absolute Gasteiger partial charge is 0.266 e. The third-order valence-electron chi connectivity index (χ3n) is 3.83. The number of benzene rings is 2. The first-order valence-electron chi connectivity index (χ1n) is 7.38. The van der Waals surface area contributed by atoms with E-state index in [0.717, 1.165) is 15.4 Å². The Kier molecular flexibility index (Phi) is 4.05. The summed E-state index contributed by atoms with van der Waals surface area (Å²) in [7, 11) is -3.79. The van der Waals surface area contributed by atoms with Gasteiger partial charge in [-0.3, -0.25) is 4.79 Å². The van der Waals surface area contributed by atoms with E-state index < -0.39 is 15.9 Å². The molecule has 0 unspecified atom stereocenters. The van der Waals surface area contributed by atoms with Crippen molar-refractivity contribution in [1.82, 2.24) is 4.31 Å².